The molecule has 8 nitrogen and oxygen atoms in total. The van der Waals surface area contributed by atoms with Crippen LogP contribution in [0, 0.1) is 0 Å². The van der Waals surface area contributed by atoms with Gasteiger partial charge in [-0.25, -0.2) is 19.4 Å². The van der Waals surface area contributed by atoms with Crippen molar-refractivity contribution in [3.05, 3.63) is 23.4 Å². The monoisotopic (exact) mass is 282 g/mol. The Morgan fingerprint density at radius 2 is 2.32 bits per heavy atom. The van der Waals surface area contributed by atoms with Crippen molar-refractivity contribution in [1.82, 2.24) is 24.7 Å². The SMILES string of the molecule is CCNc1ncc(Cl)c(-n2cnc(C(=O)OC)n2)n1. The highest BCUT2D eigenvalue weighted by Gasteiger charge is 2.14. The Bertz CT molecular complexity index is 599. The first-order valence-electron chi connectivity index (χ1n) is 5.42. The molecule has 2 aromatic heterocycles. The summed E-state index contributed by atoms with van der Waals surface area (Å²) in [5, 5.41) is 7.19. The van der Waals surface area contributed by atoms with Crippen LogP contribution in [-0.4, -0.2) is 44.4 Å². The smallest absolute Gasteiger partial charge is 0.377 e. The van der Waals surface area contributed by atoms with Crippen molar-refractivity contribution in [2.75, 3.05) is 19.0 Å². The summed E-state index contributed by atoms with van der Waals surface area (Å²) in [6.45, 7) is 2.59. The molecule has 0 saturated carbocycles. The number of carbonyl (C=O) groups excluding carboxylic acids is 1. The summed E-state index contributed by atoms with van der Waals surface area (Å²) in [7, 11) is 1.25. The molecule has 0 aliphatic carbocycles. The molecule has 0 amide bonds. The Labute approximate surface area is 113 Å². The zero-order chi connectivity index (χ0) is 13.8. The molecule has 100 valence electrons. The summed E-state index contributed by atoms with van der Waals surface area (Å²) in [4.78, 5) is 23.3. The van der Waals surface area contributed by atoms with Crippen molar-refractivity contribution in [2.45, 2.75) is 6.92 Å². The number of halogens is 1. The fourth-order valence-corrected chi connectivity index (χ4v) is 1.49. The maximum Gasteiger partial charge on any atom is 0.377 e. The molecule has 0 spiro atoms. The fourth-order valence-electron chi connectivity index (χ4n) is 1.31. The maximum absolute atomic E-state index is 11.3. The van der Waals surface area contributed by atoms with E-state index in [-0.39, 0.29) is 5.82 Å². The molecule has 0 aromatic carbocycles. The summed E-state index contributed by atoms with van der Waals surface area (Å²) in [5.41, 5.74) is 0. The summed E-state index contributed by atoms with van der Waals surface area (Å²) < 4.78 is 5.81. The predicted molar refractivity (Wildman–Crippen MR) is 67.5 cm³/mol. The molecule has 19 heavy (non-hydrogen) atoms. The topological polar surface area (TPSA) is 94.8 Å². The first-order chi connectivity index (χ1) is 9.15. The molecular formula is C10H11ClN6O2. The highest BCUT2D eigenvalue weighted by atomic mass is 35.5. The van der Waals surface area contributed by atoms with Crippen LogP contribution in [0.25, 0.3) is 5.82 Å². The highest BCUT2D eigenvalue weighted by molar-refractivity contribution is 6.32. The molecule has 2 rings (SSSR count). The van der Waals surface area contributed by atoms with Gasteiger partial charge < -0.3 is 10.1 Å². The van der Waals surface area contributed by atoms with Gasteiger partial charge in [-0.2, -0.15) is 4.98 Å². The van der Waals surface area contributed by atoms with Gasteiger partial charge in [0.1, 0.15) is 11.3 Å². The van der Waals surface area contributed by atoms with E-state index in [1.54, 1.807) is 0 Å². The van der Waals surface area contributed by atoms with E-state index in [2.05, 4.69) is 30.1 Å². The summed E-state index contributed by atoms with van der Waals surface area (Å²) in [5.74, 6) is 0.0466. The van der Waals surface area contributed by atoms with Gasteiger partial charge >= 0.3 is 5.97 Å². The van der Waals surface area contributed by atoms with Crippen LogP contribution < -0.4 is 5.32 Å². The van der Waals surface area contributed by atoms with E-state index in [0.29, 0.717) is 23.3 Å². The van der Waals surface area contributed by atoms with Crippen LogP contribution in [0.15, 0.2) is 12.5 Å². The lowest BCUT2D eigenvalue weighted by Gasteiger charge is -2.05. The second-order valence-corrected chi connectivity index (χ2v) is 3.81. The first kappa shape index (κ1) is 13.2. The summed E-state index contributed by atoms with van der Waals surface area (Å²) in [6.07, 6.45) is 2.78. The largest absolute Gasteiger partial charge is 0.463 e. The molecule has 0 unspecified atom stereocenters. The van der Waals surface area contributed by atoms with E-state index in [0.717, 1.165) is 0 Å². The standard InChI is InChI=1S/C10H11ClN6O2/c1-3-12-10-13-4-6(11)8(15-10)17-5-14-7(16-17)9(18)19-2/h4-5H,3H2,1-2H3,(H,12,13,15). The van der Waals surface area contributed by atoms with E-state index in [4.69, 9.17) is 11.6 Å². The Morgan fingerprint density at radius 3 is 3.00 bits per heavy atom. The predicted octanol–water partition coefficient (Wildman–Crippen LogP) is 0.929. The van der Waals surface area contributed by atoms with Gasteiger partial charge in [0.2, 0.25) is 5.95 Å². The molecule has 0 radical (unpaired) electrons. The Hall–Kier alpha value is -2.22. The molecule has 2 heterocycles. The van der Waals surface area contributed by atoms with Crippen LogP contribution in [0.3, 0.4) is 0 Å². The number of aromatic nitrogens is 5. The van der Waals surface area contributed by atoms with E-state index in [9.17, 15) is 4.79 Å². The molecule has 0 bridgehead atoms. The van der Waals surface area contributed by atoms with Crippen molar-refractivity contribution in [2.24, 2.45) is 0 Å². The minimum Gasteiger partial charge on any atom is -0.463 e. The lowest BCUT2D eigenvalue weighted by molar-refractivity contribution is 0.0587. The summed E-state index contributed by atoms with van der Waals surface area (Å²) in [6, 6.07) is 0. The average molecular weight is 283 g/mol. The van der Waals surface area contributed by atoms with Crippen LogP contribution in [0.1, 0.15) is 17.5 Å². The number of rotatable bonds is 4. The number of carbonyl (C=O) groups is 1. The van der Waals surface area contributed by atoms with Gasteiger partial charge in [0, 0.05) is 6.54 Å². The van der Waals surface area contributed by atoms with E-state index in [1.165, 1.54) is 24.3 Å². The van der Waals surface area contributed by atoms with E-state index < -0.39 is 5.97 Å². The number of nitrogens with one attached hydrogen (secondary N) is 1. The van der Waals surface area contributed by atoms with Crippen LogP contribution in [0.5, 0.6) is 0 Å². The lowest BCUT2D eigenvalue weighted by atomic mass is 10.5. The van der Waals surface area contributed by atoms with Crippen LogP contribution in [-0.2, 0) is 4.74 Å². The highest BCUT2D eigenvalue weighted by Crippen LogP contribution is 2.17. The Kier molecular flexibility index (Phi) is 3.91. The molecule has 2 aromatic rings. The third-order valence-corrected chi connectivity index (χ3v) is 2.40. The quantitative estimate of drug-likeness (QED) is 0.833. The molecule has 0 aliphatic rings. The maximum atomic E-state index is 11.3. The number of ether oxygens (including phenoxy) is 1. The van der Waals surface area contributed by atoms with Gasteiger partial charge in [-0.1, -0.05) is 11.6 Å². The van der Waals surface area contributed by atoms with Crippen LogP contribution in [0.4, 0.5) is 5.95 Å². The lowest BCUT2D eigenvalue weighted by Crippen LogP contribution is -2.08. The van der Waals surface area contributed by atoms with Gasteiger partial charge in [0.05, 0.1) is 13.3 Å². The molecule has 1 N–H and O–H groups in total. The zero-order valence-electron chi connectivity index (χ0n) is 10.3. The minimum absolute atomic E-state index is 0.0674. The van der Waals surface area contributed by atoms with Crippen molar-refractivity contribution in [3.63, 3.8) is 0 Å². The van der Waals surface area contributed by atoms with Gasteiger partial charge in [-0.3, -0.25) is 0 Å². The van der Waals surface area contributed by atoms with E-state index in [1.807, 2.05) is 6.92 Å². The van der Waals surface area contributed by atoms with Crippen molar-refractivity contribution >= 4 is 23.5 Å². The molecule has 0 aliphatic heterocycles. The number of esters is 1. The Balaban J connectivity index is 2.37. The third-order valence-electron chi connectivity index (χ3n) is 2.14. The number of hydrogen-bond acceptors (Lipinski definition) is 7. The second-order valence-electron chi connectivity index (χ2n) is 3.40. The zero-order valence-corrected chi connectivity index (χ0v) is 11.0. The third kappa shape index (κ3) is 2.79. The normalized spacial score (nSPS) is 10.3. The molecule has 0 saturated heterocycles. The summed E-state index contributed by atoms with van der Waals surface area (Å²) >= 11 is 6.00. The Morgan fingerprint density at radius 1 is 1.53 bits per heavy atom. The minimum atomic E-state index is -0.629. The molecule has 0 fully saturated rings. The van der Waals surface area contributed by atoms with Crippen LogP contribution in [0.2, 0.25) is 5.02 Å². The fraction of sp³-hybridized carbons (Fsp3) is 0.300. The second kappa shape index (κ2) is 5.61. The van der Waals surface area contributed by atoms with Gasteiger partial charge in [-0.15, -0.1) is 5.10 Å². The van der Waals surface area contributed by atoms with Crippen LogP contribution >= 0.6 is 11.6 Å². The first-order valence-corrected chi connectivity index (χ1v) is 5.80. The van der Waals surface area contributed by atoms with Crippen molar-refractivity contribution in [3.8, 4) is 5.82 Å². The van der Waals surface area contributed by atoms with Crippen molar-refractivity contribution in [1.29, 1.82) is 0 Å². The molecule has 0 atom stereocenters. The number of methoxy groups -OCH3 is 1. The number of nitrogens with zero attached hydrogens (tertiary/aromatic N) is 5. The number of hydrogen-bond donors (Lipinski definition) is 1. The molecule has 9 heteroatoms. The number of anilines is 1. The average Bonchev–Trinajstić information content (AvgIpc) is 2.90. The van der Waals surface area contributed by atoms with E-state index >= 15 is 0 Å². The van der Waals surface area contributed by atoms with Crippen molar-refractivity contribution < 1.29 is 9.53 Å². The van der Waals surface area contributed by atoms with Gasteiger partial charge in [0.25, 0.3) is 5.82 Å². The van der Waals surface area contributed by atoms with Gasteiger partial charge in [-0.05, 0) is 6.92 Å². The van der Waals surface area contributed by atoms with Gasteiger partial charge in [0.15, 0.2) is 5.82 Å². The molecular weight excluding hydrogens is 272 g/mol.